The number of nitro groups is 1. The molecule has 0 aromatic carbocycles. The number of nitrogen functional groups attached to an aromatic ring is 1. The number of hydrogen-bond donors (Lipinski definition) is 1. The Kier molecular flexibility index (Phi) is 3.67. The van der Waals surface area contributed by atoms with E-state index in [4.69, 9.17) is 5.73 Å². The molecule has 21 heavy (non-hydrogen) atoms. The predicted octanol–water partition coefficient (Wildman–Crippen LogP) is 1.49. The van der Waals surface area contributed by atoms with E-state index in [9.17, 15) is 10.1 Å². The number of hydrogen-bond acceptors (Lipinski definition) is 6. The summed E-state index contributed by atoms with van der Waals surface area (Å²) in [5.74, 6) is 1.45. The van der Waals surface area contributed by atoms with Crippen LogP contribution >= 0.6 is 0 Å². The molecule has 0 aliphatic carbocycles. The molecule has 2 atom stereocenters. The zero-order chi connectivity index (χ0) is 15.0. The highest BCUT2D eigenvalue weighted by atomic mass is 16.6. The van der Waals surface area contributed by atoms with Gasteiger partial charge in [0.2, 0.25) is 0 Å². The van der Waals surface area contributed by atoms with Gasteiger partial charge in [0, 0.05) is 19.1 Å². The van der Waals surface area contributed by atoms with Crippen LogP contribution in [-0.4, -0.2) is 47.5 Å². The van der Waals surface area contributed by atoms with Crippen LogP contribution in [0, 0.1) is 16.0 Å². The number of fused-ring (bicyclic) bond motifs is 1. The minimum Gasteiger partial charge on any atom is -0.383 e. The SMILES string of the molecule is CN1CCCC2CN(c3cc([N+](=O)[O-])cc(N)n3)CCC21. The third kappa shape index (κ3) is 2.78. The van der Waals surface area contributed by atoms with E-state index in [0.717, 1.165) is 19.5 Å². The molecule has 0 amide bonds. The van der Waals surface area contributed by atoms with Gasteiger partial charge in [0.05, 0.1) is 17.1 Å². The molecule has 7 nitrogen and oxygen atoms in total. The summed E-state index contributed by atoms with van der Waals surface area (Å²) in [5.41, 5.74) is 5.72. The number of nitrogens with zero attached hydrogens (tertiary/aromatic N) is 4. The number of likely N-dealkylation sites (tertiary alicyclic amines) is 1. The van der Waals surface area contributed by atoms with E-state index in [1.165, 1.54) is 31.5 Å². The summed E-state index contributed by atoms with van der Waals surface area (Å²) >= 11 is 0. The van der Waals surface area contributed by atoms with E-state index in [2.05, 4.69) is 21.8 Å². The second-order valence-electron chi connectivity index (χ2n) is 6.05. The first-order valence-corrected chi connectivity index (χ1v) is 7.42. The summed E-state index contributed by atoms with van der Waals surface area (Å²) in [6, 6.07) is 3.47. The van der Waals surface area contributed by atoms with E-state index in [0.29, 0.717) is 17.8 Å². The van der Waals surface area contributed by atoms with Crippen LogP contribution < -0.4 is 10.6 Å². The van der Waals surface area contributed by atoms with Gasteiger partial charge in [-0.2, -0.15) is 0 Å². The Bertz CT molecular complexity index is 550. The van der Waals surface area contributed by atoms with Crippen molar-refractivity contribution in [1.29, 1.82) is 0 Å². The molecule has 3 heterocycles. The van der Waals surface area contributed by atoms with E-state index in [-0.39, 0.29) is 11.5 Å². The third-order valence-corrected chi connectivity index (χ3v) is 4.70. The molecule has 3 rings (SSSR count). The average molecular weight is 291 g/mol. The Morgan fingerprint density at radius 2 is 2.19 bits per heavy atom. The van der Waals surface area contributed by atoms with E-state index >= 15 is 0 Å². The van der Waals surface area contributed by atoms with E-state index in [1.807, 2.05) is 0 Å². The molecule has 7 heteroatoms. The van der Waals surface area contributed by atoms with Crippen LogP contribution in [-0.2, 0) is 0 Å². The van der Waals surface area contributed by atoms with Crippen molar-refractivity contribution in [3.05, 3.63) is 22.2 Å². The molecule has 0 bridgehead atoms. The van der Waals surface area contributed by atoms with Crippen molar-refractivity contribution in [2.75, 3.05) is 37.3 Å². The van der Waals surface area contributed by atoms with Crippen molar-refractivity contribution in [2.45, 2.75) is 25.3 Å². The second-order valence-corrected chi connectivity index (χ2v) is 6.05. The van der Waals surface area contributed by atoms with Crippen molar-refractivity contribution in [3.63, 3.8) is 0 Å². The molecule has 2 aliphatic rings. The summed E-state index contributed by atoms with van der Waals surface area (Å²) in [6.07, 6.45) is 3.51. The van der Waals surface area contributed by atoms with Crippen LogP contribution in [0.4, 0.5) is 17.3 Å². The number of rotatable bonds is 2. The summed E-state index contributed by atoms with van der Waals surface area (Å²) < 4.78 is 0. The maximum atomic E-state index is 11.0. The smallest absolute Gasteiger partial charge is 0.276 e. The molecule has 2 saturated heterocycles. The molecule has 2 N–H and O–H groups in total. The van der Waals surface area contributed by atoms with Gasteiger partial charge in [-0.15, -0.1) is 0 Å². The molecule has 114 valence electrons. The molecule has 2 aliphatic heterocycles. The fourth-order valence-electron chi connectivity index (χ4n) is 3.65. The van der Waals surface area contributed by atoms with Crippen molar-refractivity contribution in [3.8, 4) is 0 Å². The van der Waals surface area contributed by atoms with Gasteiger partial charge < -0.3 is 15.5 Å². The molecular formula is C14H21N5O2. The first-order valence-electron chi connectivity index (χ1n) is 7.42. The van der Waals surface area contributed by atoms with Gasteiger partial charge in [-0.3, -0.25) is 10.1 Å². The van der Waals surface area contributed by atoms with Crippen LogP contribution in [0.1, 0.15) is 19.3 Å². The van der Waals surface area contributed by atoms with Crippen molar-refractivity contribution >= 4 is 17.3 Å². The fourth-order valence-corrected chi connectivity index (χ4v) is 3.65. The molecule has 0 spiro atoms. The molecular weight excluding hydrogens is 270 g/mol. The van der Waals surface area contributed by atoms with Gasteiger partial charge >= 0.3 is 0 Å². The van der Waals surface area contributed by atoms with Crippen molar-refractivity contribution in [1.82, 2.24) is 9.88 Å². The van der Waals surface area contributed by atoms with E-state index < -0.39 is 4.92 Å². The highest BCUT2D eigenvalue weighted by molar-refractivity contribution is 5.54. The van der Waals surface area contributed by atoms with Gasteiger partial charge in [-0.05, 0) is 38.8 Å². The Balaban J connectivity index is 1.80. The fraction of sp³-hybridized carbons (Fsp3) is 0.643. The lowest BCUT2D eigenvalue weighted by Gasteiger charge is -2.46. The Morgan fingerprint density at radius 1 is 1.38 bits per heavy atom. The largest absolute Gasteiger partial charge is 0.383 e. The number of nitrogens with two attached hydrogens (primary N) is 1. The molecule has 1 aromatic heterocycles. The normalized spacial score (nSPS) is 26.4. The first-order chi connectivity index (χ1) is 10.0. The summed E-state index contributed by atoms with van der Waals surface area (Å²) in [5, 5.41) is 11.0. The second kappa shape index (κ2) is 5.48. The third-order valence-electron chi connectivity index (χ3n) is 4.70. The Morgan fingerprint density at radius 3 is 2.95 bits per heavy atom. The van der Waals surface area contributed by atoms with Crippen LogP contribution in [0.3, 0.4) is 0 Å². The van der Waals surface area contributed by atoms with Crippen LogP contribution in [0.25, 0.3) is 0 Å². The zero-order valence-corrected chi connectivity index (χ0v) is 12.2. The summed E-state index contributed by atoms with van der Waals surface area (Å²) in [6.45, 7) is 2.95. The van der Waals surface area contributed by atoms with Crippen LogP contribution in [0.5, 0.6) is 0 Å². The molecule has 2 unspecified atom stereocenters. The predicted molar refractivity (Wildman–Crippen MR) is 81.3 cm³/mol. The molecule has 0 saturated carbocycles. The zero-order valence-electron chi connectivity index (χ0n) is 12.2. The maximum Gasteiger partial charge on any atom is 0.276 e. The minimum absolute atomic E-state index is 0.0142. The summed E-state index contributed by atoms with van der Waals surface area (Å²) in [4.78, 5) is 19.4. The summed E-state index contributed by atoms with van der Waals surface area (Å²) in [7, 11) is 2.19. The minimum atomic E-state index is -0.414. The monoisotopic (exact) mass is 291 g/mol. The number of aromatic nitrogens is 1. The average Bonchev–Trinajstić information content (AvgIpc) is 2.46. The van der Waals surface area contributed by atoms with Gasteiger partial charge in [-0.1, -0.05) is 0 Å². The van der Waals surface area contributed by atoms with Crippen LogP contribution in [0.2, 0.25) is 0 Å². The lowest BCUT2D eigenvalue weighted by atomic mass is 9.84. The standard InChI is InChI=1S/C14H21N5O2/c1-17-5-2-3-10-9-18(6-4-12(10)17)14-8-11(19(20)21)7-13(15)16-14/h7-8,10,12H,2-6,9H2,1H3,(H2,15,16). The van der Waals surface area contributed by atoms with Gasteiger partial charge in [0.25, 0.3) is 5.69 Å². The number of piperidine rings is 2. The number of pyridine rings is 1. The highest BCUT2D eigenvalue weighted by Gasteiger charge is 2.34. The van der Waals surface area contributed by atoms with Gasteiger partial charge in [0.15, 0.2) is 0 Å². The van der Waals surface area contributed by atoms with Gasteiger partial charge in [0.1, 0.15) is 11.6 Å². The van der Waals surface area contributed by atoms with Crippen LogP contribution in [0.15, 0.2) is 12.1 Å². The first kappa shape index (κ1) is 14.1. The van der Waals surface area contributed by atoms with E-state index in [1.54, 1.807) is 0 Å². The lowest BCUT2D eigenvalue weighted by Crippen LogP contribution is -2.52. The molecule has 0 radical (unpaired) electrons. The molecule has 2 fully saturated rings. The Labute approximate surface area is 123 Å². The maximum absolute atomic E-state index is 11.0. The Hall–Kier alpha value is -1.89. The molecule has 1 aromatic rings. The number of anilines is 2. The van der Waals surface area contributed by atoms with Crippen molar-refractivity contribution in [2.24, 2.45) is 5.92 Å². The highest BCUT2D eigenvalue weighted by Crippen LogP contribution is 2.32. The lowest BCUT2D eigenvalue weighted by molar-refractivity contribution is -0.384. The quantitative estimate of drug-likeness (QED) is 0.656. The van der Waals surface area contributed by atoms with Crippen molar-refractivity contribution < 1.29 is 4.92 Å². The topological polar surface area (TPSA) is 88.5 Å². The van der Waals surface area contributed by atoms with Gasteiger partial charge in [-0.25, -0.2) is 4.98 Å².